The van der Waals surface area contributed by atoms with Gasteiger partial charge in [-0.3, -0.25) is 9.78 Å². The fraction of sp³-hybridized carbons (Fsp3) is 0.200. The minimum Gasteiger partial charge on any atom is -0.496 e. The standard InChI is InChI=1S/C15H17N3O2/c1-18(10-11-4-3-7-17-9-11)15(19)13-6-5-12(16)8-14(13)20-2/h3-9H,10,16H2,1-2H3. The van der Waals surface area contributed by atoms with Crippen molar-refractivity contribution in [3.8, 4) is 5.75 Å². The minimum absolute atomic E-state index is 0.120. The molecule has 0 fully saturated rings. The third-order valence-corrected chi connectivity index (χ3v) is 2.95. The molecular formula is C15H17N3O2. The van der Waals surface area contributed by atoms with Crippen LogP contribution in [0.5, 0.6) is 5.75 Å². The Balaban J connectivity index is 2.18. The van der Waals surface area contributed by atoms with Gasteiger partial charge >= 0.3 is 0 Å². The Labute approximate surface area is 118 Å². The zero-order chi connectivity index (χ0) is 14.5. The summed E-state index contributed by atoms with van der Waals surface area (Å²) in [5.74, 6) is 0.360. The Kier molecular flexibility index (Phi) is 4.20. The lowest BCUT2D eigenvalue weighted by Crippen LogP contribution is -2.26. The monoisotopic (exact) mass is 271 g/mol. The van der Waals surface area contributed by atoms with Crippen LogP contribution in [0.3, 0.4) is 0 Å². The van der Waals surface area contributed by atoms with Gasteiger partial charge in [0.05, 0.1) is 12.7 Å². The summed E-state index contributed by atoms with van der Waals surface area (Å²) in [6.07, 6.45) is 3.44. The second-order valence-electron chi connectivity index (χ2n) is 4.48. The Morgan fingerprint density at radius 3 is 2.85 bits per heavy atom. The number of hydrogen-bond acceptors (Lipinski definition) is 4. The number of nitrogens with two attached hydrogens (primary N) is 1. The third-order valence-electron chi connectivity index (χ3n) is 2.95. The van der Waals surface area contributed by atoms with Gasteiger partial charge in [-0.25, -0.2) is 0 Å². The molecule has 20 heavy (non-hydrogen) atoms. The summed E-state index contributed by atoms with van der Waals surface area (Å²) in [6, 6.07) is 8.78. The van der Waals surface area contributed by atoms with Crippen LogP contribution in [0.15, 0.2) is 42.7 Å². The van der Waals surface area contributed by atoms with E-state index in [0.717, 1.165) is 5.56 Å². The van der Waals surface area contributed by atoms with E-state index in [-0.39, 0.29) is 5.91 Å². The van der Waals surface area contributed by atoms with E-state index in [1.165, 1.54) is 7.11 Å². The van der Waals surface area contributed by atoms with E-state index in [9.17, 15) is 4.79 Å². The van der Waals surface area contributed by atoms with Gasteiger partial charge in [0.1, 0.15) is 5.75 Å². The zero-order valence-corrected chi connectivity index (χ0v) is 11.5. The molecule has 0 radical (unpaired) electrons. The SMILES string of the molecule is COc1cc(N)ccc1C(=O)N(C)Cc1cccnc1. The summed E-state index contributed by atoms with van der Waals surface area (Å²) in [5.41, 5.74) is 7.72. The predicted octanol–water partition coefficient (Wildman–Crippen LogP) is 1.94. The Bertz CT molecular complexity index is 599. The molecule has 0 aliphatic rings. The van der Waals surface area contributed by atoms with Gasteiger partial charge in [0, 0.05) is 37.7 Å². The third kappa shape index (κ3) is 3.06. The summed E-state index contributed by atoms with van der Waals surface area (Å²) < 4.78 is 5.21. The predicted molar refractivity (Wildman–Crippen MR) is 77.4 cm³/mol. The molecule has 0 atom stereocenters. The van der Waals surface area contributed by atoms with Crippen LogP contribution in [0.4, 0.5) is 5.69 Å². The van der Waals surface area contributed by atoms with Gasteiger partial charge in [-0.05, 0) is 23.8 Å². The highest BCUT2D eigenvalue weighted by molar-refractivity contribution is 5.97. The van der Waals surface area contributed by atoms with Crippen LogP contribution in [0, 0.1) is 0 Å². The second-order valence-corrected chi connectivity index (χ2v) is 4.48. The summed E-state index contributed by atoms with van der Waals surface area (Å²) >= 11 is 0. The van der Waals surface area contributed by atoms with Gasteiger partial charge in [0.15, 0.2) is 0 Å². The highest BCUT2D eigenvalue weighted by atomic mass is 16.5. The summed E-state index contributed by atoms with van der Waals surface area (Å²) in [7, 11) is 3.26. The van der Waals surface area contributed by atoms with Crippen LogP contribution < -0.4 is 10.5 Å². The van der Waals surface area contributed by atoms with Crippen molar-refractivity contribution in [1.29, 1.82) is 0 Å². The fourth-order valence-electron chi connectivity index (χ4n) is 1.93. The maximum atomic E-state index is 12.4. The lowest BCUT2D eigenvalue weighted by Gasteiger charge is -2.18. The van der Waals surface area contributed by atoms with E-state index in [4.69, 9.17) is 10.5 Å². The van der Waals surface area contributed by atoms with E-state index >= 15 is 0 Å². The number of methoxy groups -OCH3 is 1. The average molecular weight is 271 g/mol. The number of carbonyl (C=O) groups is 1. The van der Waals surface area contributed by atoms with Gasteiger partial charge in [0.2, 0.25) is 0 Å². The highest BCUT2D eigenvalue weighted by Crippen LogP contribution is 2.23. The number of pyridine rings is 1. The van der Waals surface area contributed by atoms with E-state index in [1.54, 1.807) is 42.5 Å². The number of hydrogen-bond donors (Lipinski definition) is 1. The molecular weight excluding hydrogens is 254 g/mol. The van der Waals surface area contributed by atoms with Crippen LogP contribution in [0.1, 0.15) is 15.9 Å². The van der Waals surface area contributed by atoms with Crippen molar-refractivity contribution in [2.45, 2.75) is 6.54 Å². The Hall–Kier alpha value is -2.56. The number of carbonyl (C=O) groups excluding carboxylic acids is 1. The summed E-state index contributed by atoms with van der Waals surface area (Å²) in [4.78, 5) is 18.1. The molecule has 0 saturated carbocycles. The Morgan fingerprint density at radius 1 is 1.40 bits per heavy atom. The largest absolute Gasteiger partial charge is 0.496 e. The van der Waals surface area contributed by atoms with Crippen LogP contribution in [0.25, 0.3) is 0 Å². The first-order chi connectivity index (χ1) is 9.61. The Morgan fingerprint density at radius 2 is 2.20 bits per heavy atom. The van der Waals surface area contributed by atoms with Crippen molar-refractivity contribution in [1.82, 2.24) is 9.88 Å². The normalized spacial score (nSPS) is 10.1. The van der Waals surface area contributed by atoms with E-state index in [0.29, 0.717) is 23.5 Å². The van der Waals surface area contributed by atoms with Crippen LogP contribution in [-0.2, 0) is 6.54 Å². The minimum atomic E-state index is -0.120. The van der Waals surface area contributed by atoms with E-state index in [2.05, 4.69) is 4.98 Å². The topological polar surface area (TPSA) is 68.5 Å². The van der Waals surface area contributed by atoms with Crippen molar-refractivity contribution >= 4 is 11.6 Å². The van der Waals surface area contributed by atoms with Gasteiger partial charge in [-0.2, -0.15) is 0 Å². The zero-order valence-electron chi connectivity index (χ0n) is 11.5. The van der Waals surface area contributed by atoms with E-state index in [1.807, 2.05) is 12.1 Å². The van der Waals surface area contributed by atoms with Crippen LogP contribution >= 0.6 is 0 Å². The van der Waals surface area contributed by atoms with Gasteiger partial charge < -0.3 is 15.4 Å². The molecule has 0 saturated heterocycles. The van der Waals surface area contributed by atoms with Gasteiger partial charge in [-0.15, -0.1) is 0 Å². The van der Waals surface area contributed by atoms with Gasteiger partial charge in [-0.1, -0.05) is 6.07 Å². The summed E-state index contributed by atoms with van der Waals surface area (Å²) in [5, 5.41) is 0. The molecule has 1 amide bonds. The molecule has 0 spiro atoms. The van der Waals surface area contributed by atoms with E-state index < -0.39 is 0 Å². The fourth-order valence-corrected chi connectivity index (χ4v) is 1.93. The molecule has 0 aliphatic heterocycles. The molecule has 5 nitrogen and oxygen atoms in total. The molecule has 2 aromatic rings. The number of amides is 1. The highest BCUT2D eigenvalue weighted by Gasteiger charge is 2.17. The molecule has 1 aromatic carbocycles. The molecule has 0 unspecified atom stereocenters. The molecule has 2 rings (SSSR count). The lowest BCUT2D eigenvalue weighted by atomic mass is 10.1. The maximum Gasteiger partial charge on any atom is 0.257 e. The van der Waals surface area contributed by atoms with Crippen molar-refractivity contribution in [2.24, 2.45) is 0 Å². The maximum absolute atomic E-state index is 12.4. The molecule has 2 N–H and O–H groups in total. The van der Waals surface area contributed by atoms with Crippen molar-refractivity contribution in [2.75, 3.05) is 19.9 Å². The molecule has 1 heterocycles. The molecule has 1 aromatic heterocycles. The number of rotatable bonds is 4. The molecule has 0 bridgehead atoms. The molecule has 104 valence electrons. The lowest BCUT2D eigenvalue weighted by molar-refractivity contribution is 0.0781. The second kappa shape index (κ2) is 6.06. The number of benzene rings is 1. The smallest absolute Gasteiger partial charge is 0.257 e. The van der Waals surface area contributed by atoms with Crippen LogP contribution in [0.2, 0.25) is 0 Å². The van der Waals surface area contributed by atoms with Crippen molar-refractivity contribution in [3.63, 3.8) is 0 Å². The number of aromatic nitrogens is 1. The molecule has 0 aliphatic carbocycles. The number of ether oxygens (including phenoxy) is 1. The summed E-state index contributed by atoms with van der Waals surface area (Å²) in [6.45, 7) is 0.486. The average Bonchev–Trinajstić information content (AvgIpc) is 2.47. The first kappa shape index (κ1) is 13.9. The van der Waals surface area contributed by atoms with Gasteiger partial charge in [0.25, 0.3) is 5.91 Å². The van der Waals surface area contributed by atoms with Crippen molar-refractivity contribution in [3.05, 3.63) is 53.9 Å². The van der Waals surface area contributed by atoms with Crippen molar-refractivity contribution < 1.29 is 9.53 Å². The quantitative estimate of drug-likeness (QED) is 0.863. The number of nitrogens with zero attached hydrogens (tertiary/aromatic N) is 2. The first-order valence-corrected chi connectivity index (χ1v) is 6.19. The molecule has 5 heteroatoms. The van der Waals surface area contributed by atoms with Crippen LogP contribution in [-0.4, -0.2) is 29.9 Å². The number of anilines is 1. The first-order valence-electron chi connectivity index (χ1n) is 6.19. The number of nitrogen functional groups attached to an aromatic ring is 1.